The van der Waals surface area contributed by atoms with Crippen LogP contribution >= 0.6 is 0 Å². The van der Waals surface area contributed by atoms with Crippen molar-refractivity contribution >= 4 is 11.9 Å². The number of ether oxygens (including phenoxy) is 3. The van der Waals surface area contributed by atoms with Crippen molar-refractivity contribution in [3.05, 3.63) is 41.5 Å². The number of hydrogen-bond donors (Lipinski definition) is 4. The highest BCUT2D eigenvalue weighted by atomic mass is 16.7. The van der Waals surface area contributed by atoms with Crippen molar-refractivity contribution in [1.82, 2.24) is 10.4 Å². The van der Waals surface area contributed by atoms with Crippen molar-refractivity contribution in [1.29, 1.82) is 0 Å². The van der Waals surface area contributed by atoms with Crippen LogP contribution in [-0.4, -0.2) is 77.1 Å². The lowest BCUT2D eigenvalue weighted by molar-refractivity contribution is -0.183. The van der Waals surface area contributed by atoms with Crippen molar-refractivity contribution in [3.63, 3.8) is 0 Å². The van der Waals surface area contributed by atoms with Gasteiger partial charge in [0.25, 0.3) is 0 Å². The van der Waals surface area contributed by atoms with Gasteiger partial charge in [-0.3, -0.25) is 9.63 Å². The van der Waals surface area contributed by atoms with Crippen LogP contribution in [-0.2, 0) is 16.2 Å². The molecule has 2 heterocycles. The van der Waals surface area contributed by atoms with E-state index in [1.54, 1.807) is 13.0 Å². The van der Waals surface area contributed by atoms with E-state index in [-0.39, 0.29) is 48.6 Å². The average molecular weight is 611 g/mol. The van der Waals surface area contributed by atoms with Crippen LogP contribution < -0.4 is 19.5 Å². The predicted octanol–water partition coefficient (Wildman–Crippen LogP) is 3.45. The lowest BCUT2D eigenvalue weighted by atomic mass is 9.45. The molecule has 2 aromatic carbocycles. The van der Waals surface area contributed by atoms with Gasteiger partial charge in [-0.25, -0.2) is 4.79 Å². The molecule has 4 N–H and O–H groups in total. The number of rotatable bonds is 9. The van der Waals surface area contributed by atoms with Crippen molar-refractivity contribution < 1.29 is 44.0 Å². The molecule has 7 rings (SSSR count). The third kappa shape index (κ3) is 4.99. The summed E-state index contributed by atoms with van der Waals surface area (Å²) in [7, 11) is 1.52. The first kappa shape index (κ1) is 30.6. The largest absolute Gasteiger partial charge is 0.496 e. The smallest absolute Gasteiger partial charge is 0.339 e. The van der Waals surface area contributed by atoms with Crippen molar-refractivity contribution in [2.45, 2.75) is 71.4 Å². The fourth-order valence-corrected chi connectivity index (χ4v) is 8.15. The number of aromatic carboxylic acids is 1. The van der Waals surface area contributed by atoms with Crippen LogP contribution in [0.4, 0.5) is 0 Å². The van der Waals surface area contributed by atoms with Crippen molar-refractivity contribution in [2.75, 3.05) is 20.5 Å². The van der Waals surface area contributed by atoms with E-state index in [4.69, 9.17) is 19.0 Å². The minimum atomic E-state index is -1.14. The summed E-state index contributed by atoms with van der Waals surface area (Å²) in [5.74, 6) is 0.370. The maximum atomic E-state index is 14.0. The third-order valence-corrected chi connectivity index (χ3v) is 10.7. The summed E-state index contributed by atoms with van der Waals surface area (Å²) >= 11 is 0. The summed E-state index contributed by atoms with van der Waals surface area (Å²) in [4.78, 5) is 32.2. The van der Waals surface area contributed by atoms with E-state index < -0.39 is 30.1 Å². The number of carbonyl (C=O) groups excluding carboxylic acids is 1. The number of aliphatic hydroxyl groups is 2. The van der Waals surface area contributed by atoms with Crippen LogP contribution in [0.1, 0.15) is 56.5 Å². The second-order valence-electron chi connectivity index (χ2n) is 13.3. The Morgan fingerprint density at radius 3 is 2.61 bits per heavy atom. The topological polar surface area (TPSA) is 147 Å². The molecule has 11 nitrogen and oxygen atoms in total. The zero-order chi connectivity index (χ0) is 31.5. The van der Waals surface area contributed by atoms with Gasteiger partial charge in [0, 0.05) is 23.1 Å². The second kappa shape index (κ2) is 11.5. The molecular weight excluding hydrogens is 568 g/mol. The molecule has 2 aromatic rings. The van der Waals surface area contributed by atoms with Crippen molar-refractivity contribution in [3.8, 4) is 28.4 Å². The van der Waals surface area contributed by atoms with Gasteiger partial charge in [-0.2, -0.15) is 5.06 Å². The maximum Gasteiger partial charge on any atom is 0.339 e. The lowest BCUT2D eigenvalue weighted by Gasteiger charge is -2.62. The van der Waals surface area contributed by atoms with Gasteiger partial charge in [0.15, 0.2) is 11.5 Å². The molecule has 238 valence electrons. The Bertz CT molecular complexity index is 1440. The summed E-state index contributed by atoms with van der Waals surface area (Å²) in [5, 5.41) is 35.6. The van der Waals surface area contributed by atoms with E-state index in [0.717, 1.165) is 6.42 Å². The molecular formula is C33H42N2O9. The number of carboxylic acid groups (broad SMARTS) is 1. The molecule has 3 aliphatic carbocycles. The molecule has 2 aliphatic heterocycles. The highest BCUT2D eigenvalue weighted by molar-refractivity contribution is 5.95. The summed E-state index contributed by atoms with van der Waals surface area (Å²) in [6.07, 6.45) is 0.412. The Balaban J connectivity index is 1.30. The van der Waals surface area contributed by atoms with E-state index in [1.165, 1.54) is 24.7 Å². The van der Waals surface area contributed by atoms with Crippen LogP contribution in [0.25, 0.3) is 11.1 Å². The number of hydrogen-bond acceptors (Lipinski definition) is 9. The summed E-state index contributed by atoms with van der Waals surface area (Å²) in [6.45, 7) is 8.14. The molecule has 5 aliphatic rings. The Hall–Kier alpha value is -3.38. The maximum absolute atomic E-state index is 14.0. The van der Waals surface area contributed by atoms with Gasteiger partial charge in [0.2, 0.25) is 12.7 Å². The fraction of sp³-hybridized carbons (Fsp3) is 0.576. The summed E-state index contributed by atoms with van der Waals surface area (Å²) < 4.78 is 16.7. The summed E-state index contributed by atoms with van der Waals surface area (Å²) in [6, 6.07) is 7.86. The number of benzene rings is 2. The number of amides is 1. The molecule has 0 spiro atoms. The molecule has 1 unspecified atom stereocenters. The molecule has 8 atom stereocenters. The quantitative estimate of drug-likeness (QED) is 0.333. The molecule has 44 heavy (non-hydrogen) atoms. The van der Waals surface area contributed by atoms with Gasteiger partial charge in [-0.15, -0.1) is 0 Å². The highest BCUT2D eigenvalue weighted by Crippen LogP contribution is 2.61. The van der Waals surface area contributed by atoms with Crippen LogP contribution in [0.5, 0.6) is 17.2 Å². The van der Waals surface area contributed by atoms with Gasteiger partial charge in [-0.1, -0.05) is 39.0 Å². The molecule has 3 saturated carbocycles. The van der Waals surface area contributed by atoms with Crippen LogP contribution in [0.3, 0.4) is 0 Å². The molecule has 4 fully saturated rings. The van der Waals surface area contributed by atoms with Crippen LogP contribution in [0.2, 0.25) is 0 Å². The number of fused-ring (bicyclic) bond motifs is 3. The normalized spacial score (nSPS) is 30.8. The minimum absolute atomic E-state index is 0.0226. The molecule has 2 bridgehead atoms. The number of hydroxylamine groups is 2. The third-order valence-electron chi connectivity index (χ3n) is 10.7. The standard InChI is InChI=1S/C33H42N2O9/c1-16-23-11-20(33(23,3)4)12-24(16)34-31(38)28-27(17(2)37)26(14-36)44-35(28)13-18-7-6-8-21(29(18)41-5)19-9-22(32(39)40)30-25(10-19)42-15-43-30/h6-10,16-17,20,23-24,26-28,36-37H,11-15H2,1-5H3,(H,34,38)(H,39,40)/t16-,17-,20+,23-,24-,26-,27?,28-/m0/s1. The SMILES string of the molecule is COc1c(CN2O[C@@H](CO)C([C@H](C)O)[C@H]2C(=O)N[C@H]2C[C@H]3C[C@@H]([C@@H]2C)C3(C)C)cccc1-c1cc2c(c(C(=O)O)c1)OCO2. The van der Waals surface area contributed by atoms with E-state index in [9.17, 15) is 24.9 Å². The Morgan fingerprint density at radius 1 is 1.20 bits per heavy atom. The lowest BCUT2D eigenvalue weighted by Crippen LogP contribution is -2.62. The molecule has 0 aromatic heterocycles. The van der Waals surface area contributed by atoms with Crippen LogP contribution in [0, 0.1) is 29.1 Å². The average Bonchev–Trinajstić information content (AvgIpc) is 3.61. The van der Waals surface area contributed by atoms with Gasteiger partial charge < -0.3 is 34.8 Å². The van der Waals surface area contributed by atoms with Crippen LogP contribution in [0.15, 0.2) is 30.3 Å². The Kier molecular flexibility index (Phi) is 8.02. The minimum Gasteiger partial charge on any atom is -0.496 e. The van der Waals surface area contributed by atoms with E-state index >= 15 is 0 Å². The van der Waals surface area contributed by atoms with E-state index in [1.807, 2.05) is 18.2 Å². The van der Waals surface area contributed by atoms with Crippen molar-refractivity contribution in [2.24, 2.45) is 29.1 Å². The Labute approximate surface area is 257 Å². The second-order valence-corrected chi connectivity index (χ2v) is 13.3. The summed E-state index contributed by atoms with van der Waals surface area (Å²) in [5.41, 5.74) is 2.11. The fourth-order valence-electron chi connectivity index (χ4n) is 8.15. The molecule has 0 radical (unpaired) electrons. The molecule has 1 saturated heterocycles. The number of carbonyl (C=O) groups is 2. The molecule has 1 amide bonds. The monoisotopic (exact) mass is 610 g/mol. The first-order valence-corrected chi connectivity index (χ1v) is 15.3. The van der Waals surface area contributed by atoms with E-state index in [2.05, 4.69) is 26.1 Å². The van der Waals surface area contributed by atoms with Gasteiger partial charge in [0.05, 0.1) is 26.4 Å². The molecule has 11 heteroatoms. The number of carboxylic acids is 1. The van der Waals surface area contributed by atoms with Gasteiger partial charge in [-0.05, 0) is 60.6 Å². The number of aliphatic hydroxyl groups excluding tert-OH is 2. The van der Waals surface area contributed by atoms with Gasteiger partial charge >= 0.3 is 5.97 Å². The number of nitrogens with zero attached hydrogens (tertiary/aromatic N) is 1. The zero-order valence-corrected chi connectivity index (χ0v) is 25.8. The highest BCUT2D eigenvalue weighted by Gasteiger charge is 2.57. The first-order valence-electron chi connectivity index (χ1n) is 15.3. The number of methoxy groups -OCH3 is 1. The number of para-hydroxylation sites is 1. The Morgan fingerprint density at radius 2 is 1.98 bits per heavy atom. The number of nitrogens with one attached hydrogen (secondary N) is 1. The predicted molar refractivity (Wildman–Crippen MR) is 159 cm³/mol. The van der Waals surface area contributed by atoms with E-state index in [0.29, 0.717) is 45.9 Å². The first-order chi connectivity index (χ1) is 21.0. The zero-order valence-electron chi connectivity index (χ0n) is 25.8. The van der Waals surface area contributed by atoms with Gasteiger partial charge in [0.1, 0.15) is 23.5 Å².